The van der Waals surface area contributed by atoms with E-state index >= 15 is 0 Å². The van der Waals surface area contributed by atoms with Crippen LogP contribution in [0.2, 0.25) is 0 Å². The van der Waals surface area contributed by atoms with Gasteiger partial charge in [0.25, 0.3) is 0 Å². The highest BCUT2D eigenvalue weighted by atomic mass is 33.1. The summed E-state index contributed by atoms with van der Waals surface area (Å²) in [5, 5.41) is 4.83. The van der Waals surface area contributed by atoms with Gasteiger partial charge in [0.2, 0.25) is 5.91 Å². The van der Waals surface area contributed by atoms with Gasteiger partial charge < -0.3 is 5.32 Å². The van der Waals surface area contributed by atoms with Crippen LogP contribution in [0.25, 0.3) is 0 Å². The predicted octanol–water partition coefficient (Wildman–Crippen LogP) is 5.53. The summed E-state index contributed by atoms with van der Waals surface area (Å²) in [5.41, 5.74) is 0. The monoisotopic (exact) mass is 379 g/mol. The molecule has 2 aliphatic heterocycles. The van der Waals surface area contributed by atoms with Crippen molar-refractivity contribution in [1.29, 1.82) is 0 Å². The van der Waals surface area contributed by atoms with Gasteiger partial charge in [-0.05, 0) is 38.5 Å². The Balaban J connectivity index is 1.33. The first-order chi connectivity index (χ1) is 10.8. The van der Waals surface area contributed by atoms with Crippen molar-refractivity contribution in [2.45, 2.75) is 74.7 Å². The summed E-state index contributed by atoms with van der Waals surface area (Å²) < 4.78 is 0. The molecular weight excluding hydrogens is 350 g/mol. The highest BCUT2D eigenvalue weighted by molar-refractivity contribution is 8.77. The van der Waals surface area contributed by atoms with E-state index < -0.39 is 0 Å². The molecule has 2 aliphatic rings. The lowest BCUT2D eigenvalue weighted by Gasteiger charge is -2.08. The van der Waals surface area contributed by atoms with Gasteiger partial charge in [-0.1, -0.05) is 62.4 Å². The Kier molecular flexibility index (Phi) is 10.7. The Morgan fingerprint density at radius 2 is 1.50 bits per heavy atom. The van der Waals surface area contributed by atoms with E-state index in [-0.39, 0.29) is 5.91 Å². The first-order valence-corrected chi connectivity index (χ1v) is 13.4. The van der Waals surface area contributed by atoms with Crippen LogP contribution in [0.15, 0.2) is 0 Å². The van der Waals surface area contributed by atoms with E-state index in [0.29, 0.717) is 0 Å². The van der Waals surface area contributed by atoms with Crippen LogP contribution in [0.1, 0.15) is 64.2 Å². The number of amides is 1. The Labute approximate surface area is 151 Å². The molecule has 6 heteroatoms. The van der Waals surface area contributed by atoms with Crippen LogP contribution in [0.4, 0.5) is 0 Å². The van der Waals surface area contributed by atoms with Crippen LogP contribution >= 0.6 is 43.2 Å². The normalized spacial score (nSPS) is 24.7. The van der Waals surface area contributed by atoms with Crippen LogP contribution in [0.5, 0.6) is 0 Å². The van der Waals surface area contributed by atoms with E-state index in [2.05, 4.69) is 16.1 Å². The van der Waals surface area contributed by atoms with Gasteiger partial charge in [0.1, 0.15) is 0 Å². The summed E-state index contributed by atoms with van der Waals surface area (Å²) in [6.07, 6.45) is 12.1. The van der Waals surface area contributed by atoms with E-state index in [4.69, 9.17) is 0 Å². The molecule has 0 aliphatic carbocycles. The lowest BCUT2D eigenvalue weighted by molar-refractivity contribution is -0.121. The fourth-order valence-corrected chi connectivity index (χ4v) is 8.83. The molecule has 2 atom stereocenters. The lowest BCUT2D eigenvalue weighted by atomic mass is 10.1. The van der Waals surface area contributed by atoms with Gasteiger partial charge in [-0.3, -0.25) is 4.79 Å². The van der Waals surface area contributed by atoms with E-state index in [9.17, 15) is 4.79 Å². The van der Waals surface area contributed by atoms with Crippen molar-refractivity contribution in [3.8, 4) is 0 Å². The summed E-state index contributed by atoms with van der Waals surface area (Å²) in [6, 6.07) is 0. The first-order valence-electron chi connectivity index (χ1n) is 8.68. The van der Waals surface area contributed by atoms with Gasteiger partial charge in [0, 0.05) is 35.0 Å². The maximum absolute atomic E-state index is 11.8. The summed E-state index contributed by atoms with van der Waals surface area (Å²) in [7, 11) is 8.16. The molecule has 0 saturated carbocycles. The summed E-state index contributed by atoms with van der Waals surface area (Å²) in [4.78, 5) is 11.8. The largest absolute Gasteiger partial charge is 0.356 e. The van der Waals surface area contributed by atoms with Crippen molar-refractivity contribution < 1.29 is 4.79 Å². The van der Waals surface area contributed by atoms with Gasteiger partial charge in [-0.15, -0.1) is 0 Å². The SMILES string of the molecule is O=C(CCCCC1CCSS1)NCCCCCC1CCSS1. The molecule has 0 aromatic carbocycles. The average Bonchev–Trinajstić information content (AvgIpc) is 3.20. The number of carbonyl (C=O) groups excluding carboxylic acids is 1. The minimum absolute atomic E-state index is 0.260. The second-order valence-corrected chi connectivity index (χ2v) is 11.7. The summed E-state index contributed by atoms with van der Waals surface area (Å²) >= 11 is 0. The number of unbranched alkanes of at least 4 members (excludes halogenated alkanes) is 3. The van der Waals surface area contributed by atoms with Crippen molar-refractivity contribution >= 4 is 49.1 Å². The Morgan fingerprint density at radius 3 is 2.09 bits per heavy atom. The van der Waals surface area contributed by atoms with E-state index in [1.165, 1.54) is 56.5 Å². The van der Waals surface area contributed by atoms with Gasteiger partial charge in [-0.25, -0.2) is 0 Å². The molecule has 0 radical (unpaired) electrons. The fourth-order valence-electron chi connectivity index (χ4n) is 2.78. The number of nitrogens with one attached hydrogen (secondary N) is 1. The molecule has 2 fully saturated rings. The minimum Gasteiger partial charge on any atom is -0.356 e. The molecule has 22 heavy (non-hydrogen) atoms. The third-order valence-corrected chi connectivity index (χ3v) is 10.2. The van der Waals surface area contributed by atoms with Crippen molar-refractivity contribution in [2.75, 3.05) is 18.1 Å². The second kappa shape index (κ2) is 12.3. The van der Waals surface area contributed by atoms with E-state index in [0.717, 1.165) is 36.3 Å². The van der Waals surface area contributed by atoms with E-state index in [1.807, 2.05) is 32.4 Å². The zero-order chi connectivity index (χ0) is 15.5. The minimum atomic E-state index is 0.260. The van der Waals surface area contributed by atoms with Crippen molar-refractivity contribution in [2.24, 2.45) is 0 Å². The molecule has 2 saturated heterocycles. The molecule has 128 valence electrons. The molecule has 2 unspecified atom stereocenters. The molecular formula is C16H29NOS4. The molecule has 0 spiro atoms. The number of carbonyl (C=O) groups is 1. The third kappa shape index (κ3) is 8.65. The van der Waals surface area contributed by atoms with Crippen molar-refractivity contribution in [3.05, 3.63) is 0 Å². The van der Waals surface area contributed by atoms with Crippen molar-refractivity contribution in [1.82, 2.24) is 5.32 Å². The third-order valence-electron chi connectivity index (χ3n) is 4.16. The molecule has 2 heterocycles. The quantitative estimate of drug-likeness (QED) is 0.376. The molecule has 2 rings (SSSR count). The van der Waals surface area contributed by atoms with Gasteiger partial charge in [0.15, 0.2) is 0 Å². The highest BCUT2D eigenvalue weighted by Crippen LogP contribution is 2.40. The maximum atomic E-state index is 11.8. The van der Waals surface area contributed by atoms with Crippen molar-refractivity contribution in [3.63, 3.8) is 0 Å². The highest BCUT2D eigenvalue weighted by Gasteiger charge is 2.16. The molecule has 2 nitrogen and oxygen atoms in total. The lowest BCUT2D eigenvalue weighted by Crippen LogP contribution is -2.24. The number of hydrogen-bond donors (Lipinski definition) is 1. The average molecular weight is 380 g/mol. The van der Waals surface area contributed by atoms with Crippen LogP contribution < -0.4 is 5.32 Å². The van der Waals surface area contributed by atoms with E-state index in [1.54, 1.807) is 0 Å². The maximum Gasteiger partial charge on any atom is 0.219 e. The second-order valence-electron chi connectivity index (χ2n) is 6.10. The summed E-state index contributed by atoms with van der Waals surface area (Å²) in [6.45, 7) is 0.876. The zero-order valence-electron chi connectivity index (χ0n) is 13.4. The predicted molar refractivity (Wildman–Crippen MR) is 107 cm³/mol. The van der Waals surface area contributed by atoms with Crippen LogP contribution in [-0.4, -0.2) is 34.5 Å². The van der Waals surface area contributed by atoms with Gasteiger partial charge in [-0.2, -0.15) is 0 Å². The molecule has 0 aromatic heterocycles. The molecule has 0 aromatic rings. The van der Waals surface area contributed by atoms with Crippen LogP contribution in [0.3, 0.4) is 0 Å². The molecule has 1 amide bonds. The van der Waals surface area contributed by atoms with Gasteiger partial charge in [0.05, 0.1) is 0 Å². The van der Waals surface area contributed by atoms with Crippen LogP contribution in [0, 0.1) is 0 Å². The smallest absolute Gasteiger partial charge is 0.219 e. The Hall–Kier alpha value is 0.870. The zero-order valence-corrected chi connectivity index (χ0v) is 16.7. The van der Waals surface area contributed by atoms with Crippen LogP contribution in [-0.2, 0) is 4.79 Å². The molecule has 1 N–H and O–H groups in total. The first kappa shape index (κ1) is 19.2. The Bertz CT molecular complexity index is 305. The fraction of sp³-hybridized carbons (Fsp3) is 0.938. The number of hydrogen-bond acceptors (Lipinski definition) is 5. The summed E-state index contributed by atoms with van der Waals surface area (Å²) in [5.74, 6) is 2.91. The molecule has 0 bridgehead atoms. The number of rotatable bonds is 11. The topological polar surface area (TPSA) is 29.1 Å². The van der Waals surface area contributed by atoms with Gasteiger partial charge >= 0.3 is 0 Å². The Morgan fingerprint density at radius 1 is 0.864 bits per heavy atom. The standard InChI is InChI=1S/C16H29NOS4/c18-16(8-4-3-7-15-10-13-20-22-15)17-11-5-1-2-6-14-9-12-19-21-14/h14-15H,1-13H2,(H,17,18).